The Morgan fingerprint density at radius 1 is 1.41 bits per heavy atom. The number of nitrogens with zero attached hydrogens (tertiary/aromatic N) is 1. The summed E-state index contributed by atoms with van der Waals surface area (Å²) in [4.78, 5) is 4.63. The third kappa shape index (κ3) is 2.49. The number of aromatic nitrogens is 1. The first-order chi connectivity index (χ1) is 7.91. The molecule has 2 aromatic rings. The van der Waals surface area contributed by atoms with E-state index in [9.17, 15) is 5.11 Å². The van der Waals surface area contributed by atoms with E-state index in [-0.39, 0.29) is 12.0 Å². The highest BCUT2D eigenvalue weighted by Crippen LogP contribution is 2.32. The number of nitrogens with two attached hydrogens (primary N) is 1. The van der Waals surface area contributed by atoms with E-state index in [1.165, 1.54) is 0 Å². The van der Waals surface area contributed by atoms with Crippen LogP contribution in [0.1, 0.15) is 37.4 Å². The Balaban J connectivity index is 2.48. The zero-order valence-electron chi connectivity index (χ0n) is 10.4. The number of benzene rings is 1. The van der Waals surface area contributed by atoms with Crippen molar-refractivity contribution in [3.63, 3.8) is 0 Å². The number of hydrogen-bond acceptors (Lipinski definition) is 4. The summed E-state index contributed by atoms with van der Waals surface area (Å²) in [6, 6.07) is 5.86. The van der Waals surface area contributed by atoms with Crippen LogP contribution in [0, 0.1) is 0 Å². The second kappa shape index (κ2) is 4.37. The summed E-state index contributed by atoms with van der Waals surface area (Å²) in [5.74, 6) is 0. The van der Waals surface area contributed by atoms with Gasteiger partial charge in [-0.05, 0) is 17.7 Å². The SMILES string of the molecule is CC(C)(C)c1nc2cc(C(O)CN)ccc2s1. The quantitative estimate of drug-likeness (QED) is 0.861. The summed E-state index contributed by atoms with van der Waals surface area (Å²) in [5, 5.41) is 10.8. The van der Waals surface area contributed by atoms with Crippen molar-refractivity contribution < 1.29 is 5.11 Å². The van der Waals surface area contributed by atoms with Gasteiger partial charge in [0.05, 0.1) is 21.3 Å². The van der Waals surface area contributed by atoms with E-state index in [2.05, 4.69) is 25.8 Å². The molecule has 0 radical (unpaired) electrons. The number of thiazole rings is 1. The summed E-state index contributed by atoms with van der Waals surface area (Å²) in [7, 11) is 0. The molecular weight excluding hydrogens is 232 g/mol. The fraction of sp³-hybridized carbons (Fsp3) is 0.462. The zero-order valence-corrected chi connectivity index (χ0v) is 11.2. The molecule has 1 atom stereocenters. The fourth-order valence-electron chi connectivity index (χ4n) is 1.61. The molecule has 0 aliphatic carbocycles. The van der Waals surface area contributed by atoms with Gasteiger partial charge >= 0.3 is 0 Å². The van der Waals surface area contributed by atoms with Crippen LogP contribution in [0.4, 0.5) is 0 Å². The highest BCUT2D eigenvalue weighted by Gasteiger charge is 2.19. The molecule has 3 N–H and O–H groups in total. The van der Waals surface area contributed by atoms with Crippen LogP contribution in [0.25, 0.3) is 10.2 Å². The van der Waals surface area contributed by atoms with Crippen LogP contribution in [0.3, 0.4) is 0 Å². The number of rotatable bonds is 2. The molecule has 0 saturated carbocycles. The molecule has 3 nitrogen and oxygen atoms in total. The van der Waals surface area contributed by atoms with Crippen LogP contribution < -0.4 is 5.73 Å². The average molecular weight is 250 g/mol. The normalized spacial score (nSPS) is 14.2. The first-order valence-electron chi connectivity index (χ1n) is 5.71. The maximum absolute atomic E-state index is 9.71. The molecule has 2 rings (SSSR count). The lowest BCUT2D eigenvalue weighted by Crippen LogP contribution is -2.11. The highest BCUT2D eigenvalue weighted by atomic mass is 32.1. The summed E-state index contributed by atoms with van der Waals surface area (Å²) < 4.78 is 1.16. The predicted molar refractivity (Wildman–Crippen MR) is 72.3 cm³/mol. The zero-order chi connectivity index (χ0) is 12.6. The molecule has 0 spiro atoms. The minimum atomic E-state index is -0.598. The first kappa shape index (κ1) is 12.5. The summed E-state index contributed by atoms with van der Waals surface area (Å²) in [6.45, 7) is 6.70. The summed E-state index contributed by atoms with van der Waals surface area (Å²) >= 11 is 1.71. The van der Waals surface area contributed by atoms with Crippen LogP contribution in [0.5, 0.6) is 0 Å². The van der Waals surface area contributed by atoms with Gasteiger partial charge in [0.1, 0.15) is 0 Å². The van der Waals surface area contributed by atoms with Crippen molar-refractivity contribution in [1.29, 1.82) is 0 Å². The van der Waals surface area contributed by atoms with Crippen molar-refractivity contribution in [2.45, 2.75) is 32.3 Å². The monoisotopic (exact) mass is 250 g/mol. The summed E-state index contributed by atoms with van der Waals surface area (Å²) in [6.07, 6.45) is -0.598. The van der Waals surface area contributed by atoms with Crippen LogP contribution >= 0.6 is 11.3 Å². The lowest BCUT2D eigenvalue weighted by Gasteiger charge is -2.13. The Morgan fingerprint density at radius 3 is 2.71 bits per heavy atom. The summed E-state index contributed by atoms with van der Waals surface area (Å²) in [5.41, 5.74) is 7.31. The third-order valence-corrected chi connectivity index (χ3v) is 4.12. The minimum absolute atomic E-state index is 0.0658. The first-order valence-corrected chi connectivity index (χ1v) is 6.52. The van der Waals surface area contributed by atoms with E-state index < -0.39 is 6.10 Å². The van der Waals surface area contributed by atoms with Crippen molar-refractivity contribution in [2.24, 2.45) is 5.73 Å². The second-order valence-electron chi connectivity index (χ2n) is 5.25. The highest BCUT2D eigenvalue weighted by molar-refractivity contribution is 7.18. The van der Waals surface area contributed by atoms with E-state index in [1.807, 2.05) is 18.2 Å². The molecule has 1 unspecified atom stereocenters. The predicted octanol–water partition coefficient (Wildman–Crippen LogP) is 2.59. The lowest BCUT2D eigenvalue weighted by atomic mass is 9.98. The van der Waals surface area contributed by atoms with Crippen LogP contribution in [0.2, 0.25) is 0 Å². The molecule has 0 bridgehead atoms. The van der Waals surface area contributed by atoms with Crippen LogP contribution in [0.15, 0.2) is 18.2 Å². The molecular formula is C13H18N2OS. The average Bonchev–Trinajstić information content (AvgIpc) is 2.70. The van der Waals surface area contributed by atoms with Crippen LogP contribution in [-0.2, 0) is 5.41 Å². The molecule has 92 valence electrons. The van der Waals surface area contributed by atoms with E-state index in [0.29, 0.717) is 0 Å². The van der Waals surface area contributed by atoms with Crippen molar-refractivity contribution in [2.75, 3.05) is 6.54 Å². The van der Waals surface area contributed by atoms with Gasteiger partial charge in [0.2, 0.25) is 0 Å². The molecule has 1 heterocycles. The van der Waals surface area contributed by atoms with Gasteiger partial charge in [-0.3, -0.25) is 0 Å². The number of hydrogen-bond donors (Lipinski definition) is 2. The Hall–Kier alpha value is -0.970. The van der Waals surface area contributed by atoms with Crippen molar-refractivity contribution in [1.82, 2.24) is 4.98 Å². The van der Waals surface area contributed by atoms with Gasteiger partial charge < -0.3 is 10.8 Å². The maximum Gasteiger partial charge on any atom is 0.0992 e. The molecule has 0 aliphatic heterocycles. The fourth-order valence-corrected chi connectivity index (χ4v) is 2.61. The largest absolute Gasteiger partial charge is 0.387 e. The topological polar surface area (TPSA) is 59.1 Å². The van der Waals surface area contributed by atoms with E-state index in [1.54, 1.807) is 11.3 Å². The number of fused-ring (bicyclic) bond motifs is 1. The van der Waals surface area contributed by atoms with Gasteiger partial charge in [-0.15, -0.1) is 11.3 Å². The van der Waals surface area contributed by atoms with Crippen LogP contribution in [-0.4, -0.2) is 16.6 Å². The Morgan fingerprint density at radius 2 is 2.12 bits per heavy atom. The van der Waals surface area contributed by atoms with Gasteiger partial charge in [-0.2, -0.15) is 0 Å². The Bertz CT molecular complexity index is 528. The Kier molecular flexibility index (Phi) is 3.21. The van der Waals surface area contributed by atoms with Gasteiger partial charge in [0.25, 0.3) is 0 Å². The second-order valence-corrected chi connectivity index (χ2v) is 6.28. The van der Waals surface area contributed by atoms with E-state index in [4.69, 9.17) is 5.73 Å². The third-order valence-electron chi connectivity index (χ3n) is 2.66. The lowest BCUT2D eigenvalue weighted by molar-refractivity contribution is 0.187. The number of aliphatic hydroxyl groups is 1. The molecule has 0 amide bonds. The molecule has 4 heteroatoms. The minimum Gasteiger partial charge on any atom is -0.387 e. The molecule has 1 aromatic carbocycles. The standard InChI is InChI=1S/C13H18N2OS/c1-13(2,3)12-15-9-6-8(10(16)7-14)4-5-11(9)17-12/h4-6,10,16H,7,14H2,1-3H3. The van der Waals surface area contributed by atoms with Gasteiger partial charge in [0.15, 0.2) is 0 Å². The van der Waals surface area contributed by atoms with Gasteiger partial charge in [0, 0.05) is 12.0 Å². The van der Waals surface area contributed by atoms with Crippen molar-refractivity contribution in [3.05, 3.63) is 28.8 Å². The Labute approximate surface area is 105 Å². The smallest absolute Gasteiger partial charge is 0.0992 e. The van der Waals surface area contributed by atoms with Crippen molar-refractivity contribution in [3.8, 4) is 0 Å². The van der Waals surface area contributed by atoms with E-state index in [0.717, 1.165) is 20.8 Å². The molecule has 0 aliphatic rings. The number of aliphatic hydroxyl groups excluding tert-OH is 1. The molecule has 17 heavy (non-hydrogen) atoms. The molecule has 1 aromatic heterocycles. The van der Waals surface area contributed by atoms with E-state index >= 15 is 0 Å². The maximum atomic E-state index is 9.71. The van der Waals surface area contributed by atoms with Gasteiger partial charge in [-0.25, -0.2) is 4.98 Å². The molecule has 0 fully saturated rings. The van der Waals surface area contributed by atoms with Crippen molar-refractivity contribution >= 4 is 21.6 Å². The molecule has 0 saturated heterocycles. The van der Waals surface area contributed by atoms with Gasteiger partial charge in [-0.1, -0.05) is 26.8 Å².